The van der Waals surface area contributed by atoms with Crippen LogP contribution in [-0.2, 0) is 23.2 Å². The first kappa shape index (κ1) is 26.0. The molecule has 192 valence electrons. The highest BCUT2D eigenvalue weighted by Gasteiger charge is 2.40. The van der Waals surface area contributed by atoms with Gasteiger partial charge in [0.05, 0.1) is 36.9 Å². The number of hydrogen-bond donors (Lipinski definition) is 1. The number of halogens is 1. The minimum absolute atomic E-state index is 0. The minimum atomic E-state index is -0.348. The third kappa shape index (κ3) is 5.50. The third-order valence-electron chi connectivity index (χ3n) is 7.03. The molecule has 5 rings (SSSR count). The molecule has 0 saturated carbocycles. The Morgan fingerprint density at radius 2 is 1.97 bits per heavy atom. The summed E-state index contributed by atoms with van der Waals surface area (Å²) in [5, 5.41) is 7.58. The summed E-state index contributed by atoms with van der Waals surface area (Å²) in [7, 11) is 0. The van der Waals surface area contributed by atoms with Gasteiger partial charge in [-0.25, -0.2) is 4.39 Å². The second kappa shape index (κ2) is 10.5. The van der Waals surface area contributed by atoms with Crippen molar-refractivity contribution in [3.63, 3.8) is 0 Å². The van der Waals surface area contributed by atoms with Crippen LogP contribution in [0.15, 0.2) is 55.0 Å². The molecule has 1 aromatic carbocycles. The quantitative estimate of drug-likeness (QED) is 0.569. The molecular formula is C28H37FN6O. The van der Waals surface area contributed by atoms with Crippen LogP contribution in [0.1, 0.15) is 45.0 Å². The summed E-state index contributed by atoms with van der Waals surface area (Å²) >= 11 is 0. The Morgan fingerprint density at radius 3 is 2.69 bits per heavy atom. The van der Waals surface area contributed by atoms with E-state index in [0.29, 0.717) is 19.6 Å². The van der Waals surface area contributed by atoms with Gasteiger partial charge in [-0.2, -0.15) is 5.10 Å². The fraction of sp³-hybridized carbons (Fsp3) is 0.464. The van der Waals surface area contributed by atoms with E-state index in [1.54, 1.807) is 4.68 Å². The van der Waals surface area contributed by atoms with Gasteiger partial charge in [-0.3, -0.25) is 19.4 Å². The lowest BCUT2D eigenvalue weighted by Crippen LogP contribution is -2.59. The molecule has 0 radical (unpaired) electrons. The highest BCUT2D eigenvalue weighted by molar-refractivity contribution is 5.97. The SMILES string of the molecule is C.C[C@@H]1CN(CC(=O)N2CC(C)(C)c3ncc(Cc4ccccc4)cc32)[C@@H](Cn2cc(F)cn2)CN1. The third-order valence-corrected chi connectivity index (χ3v) is 7.03. The van der Waals surface area contributed by atoms with Crippen molar-refractivity contribution < 1.29 is 9.18 Å². The predicted molar refractivity (Wildman–Crippen MR) is 141 cm³/mol. The van der Waals surface area contributed by atoms with E-state index in [1.165, 1.54) is 18.0 Å². The van der Waals surface area contributed by atoms with Crippen molar-refractivity contribution >= 4 is 11.6 Å². The van der Waals surface area contributed by atoms with Crippen molar-refractivity contribution in [1.29, 1.82) is 0 Å². The molecule has 0 bridgehead atoms. The molecule has 36 heavy (non-hydrogen) atoms. The average Bonchev–Trinajstić information content (AvgIpc) is 3.35. The van der Waals surface area contributed by atoms with Gasteiger partial charge < -0.3 is 10.2 Å². The summed E-state index contributed by atoms with van der Waals surface area (Å²) < 4.78 is 15.1. The number of fused-ring (bicyclic) bond motifs is 1. The van der Waals surface area contributed by atoms with Crippen LogP contribution in [0.5, 0.6) is 0 Å². The standard InChI is InChI=1S/C27H33FN6O.CH4/c1-19-14-32(23(13-29-19)16-33-15-22(28)12-31-33)17-25(35)34-18-27(2,3)26-24(34)10-21(11-30-26)9-20-7-5-4-6-8-20;/h4-8,10-12,15,19,23,29H,9,13-14,16-18H2,1-3H3;1H4/t19-,23-;/m1./s1. The maximum atomic E-state index is 13.7. The zero-order valence-electron chi connectivity index (χ0n) is 20.6. The van der Waals surface area contributed by atoms with E-state index in [4.69, 9.17) is 4.98 Å². The smallest absolute Gasteiger partial charge is 0.241 e. The fourth-order valence-electron chi connectivity index (χ4n) is 5.25. The van der Waals surface area contributed by atoms with Crippen LogP contribution in [-0.4, -0.2) is 63.8 Å². The number of benzene rings is 1. The number of piperazine rings is 1. The first-order valence-corrected chi connectivity index (χ1v) is 12.3. The van der Waals surface area contributed by atoms with Gasteiger partial charge in [0.15, 0.2) is 5.82 Å². The predicted octanol–water partition coefficient (Wildman–Crippen LogP) is 3.63. The molecule has 1 fully saturated rings. The number of nitrogens with zero attached hydrogens (tertiary/aromatic N) is 5. The van der Waals surface area contributed by atoms with Gasteiger partial charge in [0.2, 0.25) is 5.91 Å². The molecule has 0 aliphatic carbocycles. The normalized spacial score (nSPS) is 21.2. The lowest BCUT2D eigenvalue weighted by atomic mass is 9.91. The Morgan fingerprint density at radius 1 is 1.19 bits per heavy atom. The minimum Gasteiger partial charge on any atom is -0.311 e. The summed E-state index contributed by atoms with van der Waals surface area (Å²) in [6.45, 7) is 9.32. The van der Waals surface area contributed by atoms with E-state index >= 15 is 0 Å². The number of aromatic nitrogens is 3. The van der Waals surface area contributed by atoms with Gasteiger partial charge in [-0.1, -0.05) is 51.6 Å². The molecule has 1 saturated heterocycles. The number of pyridine rings is 1. The molecule has 4 heterocycles. The summed E-state index contributed by atoms with van der Waals surface area (Å²) in [5.41, 5.74) is 4.00. The van der Waals surface area contributed by atoms with Crippen LogP contribution in [0.2, 0.25) is 0 Å². The maximum Gasteiger partial charge on any atom is 0.241 e. The van der Waals surface area contributed by atoms with E-state index in [0.717, 1.165) is 36.5 Å². The zero-order valence-corrected chi connectivity index (χ0v) is 20.6. The molecule has 2 aromatic heterocycles. The van der Waals surface area contributed by atoms with Crippen molar-refractivity contribution in [3.05, 3.63) is 77.6 Å². The lowest BCUT2D eigenvalue weighted by Gasteiger charge is -2.39. The van der Waals surface area contributed by atoms with Crippen LogP contribution < -0.4 is 10.2 Å². The van der Waals surface area contributed by atoms with Crippen LogP contribution in [0, 0.1) is 5.82 Å². The number of amides is 1. The second-order valence-electron chi connectivity index (χ2n) is 10.5. The molecule has 1 amide bonds. The number of carbonyl (C=O) groups excluding carboxylic acids is 1. The first-order chi connectivity index (χ1) is 16.8. The highest BCUT2D eigenvalue weighted by atomic mass is 19.1. The van der Waals surface area contributed by atoms with Gasteiger partial charge in [0.25, 0.3) is 0 Å². The van der Waals surface area contributed by atoms with Gasteiger partial charge in [0, 0.05) is 43.3 Å². The molecule has 7 nitrogen and oxygen atoms in total. The summed E-state index contributed by atoms with van der Waals surface area (Å²) in [6.07, 6.45) is 5.34. The maximum absolute atomic E-state index is 13.7. The Kier molecular flexibility index (Phi) is 7.57. The number of rotatable bonds is 6. The summed E-state index contributed by atoms with van der Waals surface area (Å²) in [4.78, 5) is 22.6. The lowest BCUT2D eigenvalue weighted by molar-refractivity contribution is -0.120. The van der Waals surface area contributed by atoms with Crippen molar-refractivity contribution in [1.82, 2.24) is 25.0 Å². The fourth-order valence-corrected chi connectivity index (χ4v) is 5.25. The van der Waals surface area contributed by atoms with Crippen molar-refractivity contribution in [2.45, 2.75) is 58.7 Å². The first-order valence-electron chi connectivity index (χ1n) is 12.3. The van der Waals surface area contributed by atoms with E-state index in [-0.39, 0.29) is 36.6 Å². The molecule has 2 aliphatic rings. The summed E-state index contributed by atoms with van der Waals surface area (Å²) in [5.74, 6) is -0.277. The van der Waals surface area contributed by atoms with Crippen LogP contribution in [0.3, 0.4) is 0 Å². The topological polar surface area (TPSA) is 66.3 Å². The molecule has 3 aromatic rings. The largest absolute Gasteiger partial charge is 0.311 e. The van der Waals surface area contributed by atoms with Crippen LogP contribution in [0.25, 0.3) is 0 Å². The molecule has 0 unspecified atom stereocenters. The number of hydrogen-bond acceptors (Lipinski definition) is 5. The Balaban J connectivity index is 0.00000304. The number of nitrogens with one attached hydrogen (secondary N) is 1. The summed E-state index contributed by atoms with van der Waals surface area (Å²) in [6, 6.07) is 12.8. The van der Waals surface area contributed by atoms with Crippen LogP contribution >= 0.6 is 0 Å². The van der Waals surface area contributed by atoms with Gasteiger partial charge in [-0.15, -0.1) is 0 Å². The van der Waals surface area contributed by atoms with Gasteiger partial charge >= 0.3 is 0 Å². The Labute approximate surface area is 213 Å². The highest BCUT2D eigenvalue weighted by Crippen LogP contribution is 2.39. The zero-order chi connectivity index (χ0) is 24.6. The van der Waals surface area contributed by atoms with E-state index in [9.17, 15) is 9.18 Å². The second-order valence-corrected chi connectivity index (χ2v) is 10.5. The van der Waals surface area contributed by atoms with Crippen molar-refractivity contribution in [2.24, 2.45) is 0 Å². The molecule has 0 spiro atoms. The molecule has 2 aliphatic heterocycles. The van der Waals surface area contributed by atoms with Gasteiger partial charge in [0.1, 0.15) is 0 Å². The molecule has 1 N–H and O–H groups in total. The van der Waals surface area contributed by atoms with Gasteiger partial charge in [-0.05, 0) is 30.5 Å². The Bertz CT molecular complexity index is 1190. The number of anilines is 1. The Hall–Kier alpha value is -3.10. The average molecular weight is 493 g/mol. The molecular weight excluding hydrogens is 455 g/mol. The van der Waals surface area contributed by atoms with Crippen molar-refractivity contribution in [3.8, 4) is 0 Å². The van der Waals surface area contributed by atoms with Crippen molar-refractivity contribution in [2.75, 3.05) is 31.1 Å². The van der Waals surface area contributed by atoms with E-state index in [2.05, 4.69) is 54.3 Å². The monoisotopic (exact) mass is 492 g/mol. The van der Waals surface area contributed by atoms with Crippen LogP contribution in [0.4, 0.5) is 10.1 Å². The van der Waals surface area contributed by atoms with E-state index < -0.39 is 0 Å². The molecule has 8 heteroatoms. The number of carbonyl (C=O) groups is 1. The molecule has 2 atom stereocenters. The van der Waals surface area contributed by atoms with E-state index in [1.807, 2.05) is 29.3 Å².